The van der Waals surface area contributed by atoms with Crippen LogP contribution in [0, 0.1) is 17.3 Å². The van der Waals surface area contributed by atoms with Gasteiger partial charge in [-0.05, 0) is 56.3 Å². The summed E-state index contributed by atoms with van der Waals surface area (Å²) in [5.41, 5.74) is 5.10. The molecule has 0 aromatic carbocycles. The molecule has 3 N–H and O–H groups in total. The first-order valence-electron chi connectivity index (χ1n) is 10.2. The van der Waals surface area contributed by atoms with Crippen molar-refractivity contribution in [3.63, 3.8) is 0 Å². The first-order chi connectivity index (χ1) is 12.5. The summed E-state index contributed by atoms with van der Waals surface area (Å²) in [7, 11) is 0. The Kier molecular flexibility index (Phi) is 6.71. The Balaban J connectivity index is 0.00000280. The number of nitrogens with zero attached hydrogens (tertiary/aromatic N) is 2. The van der Waals surface area contributed by atoms with Gasteiger partial charge in [0.15, 0.2) is 0 Å². The van der Waals surface area contributed by atoms with Gasteiger partial charge >= 0.3 is 6.03 Å². The lowest BCUT2D eigenvalue weighted by atomic mass is 9.64. The number of piperidine rings is 1. The van der Waals surface area contributed by atoms with Crippen LogP contribution in [0.3, 0.4) is 0 Å². The van der Waals surface area contributed by atoms with Crippen molar-refractivity contribution < 1.29 is 14.4 Å². The number of likely N-dealkylation sites (tertiary alicyclic amines) is 1. The van der Waals surface area contributed by atoms with Gasteiger partial charge in [0.25, 0.3) is 5.91 Å². The van der Waals surface area contributed by atoms with Crippen molar-refractivity contribution in [2.75, 3.05) is 19.6 Å². The summed E-state index contributed by atoms with van der Waals surface area (Å²) >= 11 is 0. The third-order valence-electron chi connectivity index (χ3n) is 6.55. The van der Waals surface area contributed by atoms with E-state index in [1.807, 2.05) is 6.92 Å². The van der Waals surface area contributed by atoms with Crippen LogP contribution in [0.15, 0.2) is 0 Å². The van der Waals surface area contributed by atoms with E-state index in [9.17, 15) is 14.4 Å². The summed E-state index contributed by atoms with van der Waals surface area (Å²) in [6.45, 7) is 9.53. The van der Waals surface area contributed by atoms with E-state index >= 15 is 0 Å². The number of nitrogens with two attached hydrogens (primary N) is 1. The molecule has 1 aliphatic carbocycles. The second-order valence-electron chi connectivity index (χ2n) is 9.84. The second kappa shape index (κ2) is 8.19. The summed E-state index contributed by atoms with van der Waals surface area (Å²) in [6.07, 6.45) is 4.05. The van der Waals surface area contributed by atoms with Crippen LogP contribution in [0.5, 0.6) is 0 Å². The van der Waals surface area contributed by atoms with E-state index in [-0.39, 0.29) is 42.2 Å². The molecule has 3 fully saturated rings. The molecule has 2 saturated heterocycles. The number of rotatable bonds is 3. The van der Waals surface area contributed by atoms with E-state index < -0.39 is 11.6 Å². The van der Waals surface area contributed by atoms with Gasteiger partial charge in [0.2, 0.25) is 5.91 Å². The van der Waals surface area contributed by atoms with E-state index in [4.69, 9.17) is 5.73 Å². The molecule has 3 aliphatic rings. The monoisotopic (exact) mass is 414 g/mol. The number of amides is 4. The molecule has 1 spiro atoms. The van der Waals surface area contributed by atoms with Crippen LogP contribution in [0.1, 0.15) is 59.8 Å². The van der Waals surface area contributed by atoms with Crippen LogP contribution < -0.4 is 11.1 Å². The van der Waals surface area contributed by atoms with E-state index in [1.165, 1.54) is 0 Å². The largest absolute Gasteiger partial charge is 0.341 e. The van der Waals surface area contributed by atoms with Crippen molar-refractivity contribution in [1.82, 2.24) is 15.1 Å². The number of carbonyl (C=O) groups excluding carboxylic acids is 3. The topological polar surface area (TPSA) is 95.7 Å². The lowest BCUT2D eigenvalue weighted by Crippen LogP contribution is -2.54. The zero-order chi connectivity index (χ0) is 20.0. The Morgan fingerprint density at radius 2 is 1.86 bits per heavy atom. The van der Waals surface area contributed by atoms with Gasteiger partial charge in [-0.2, -0.15) is 0 Å². The summed E-state index contributed by atoms with van der Waals surface area (Å²) in [5, 5.41) is 2.94. The minimum absolute atomic E-state index is 0. The smallest absolute Gasteiger partial charge is 0.325 e. The number of hydrogen-bond donors (Lipinski definition) is 2. The van der Waals surface area contributed by atoms with Gasteiger partial charge in [-0.3, -0.25) is 14.5 Å². The molecule has 2 heterocycles. The Hall–Kier alpha value is -1.34. The van der Waals surface area contributed by atoms with Crippen LogP contribution in [0.2, 0.25) is 0 Å². The highest BCUT2D eigenvalue weighted by molar-refractivity contribution is 6.09. The normalized spacial score (nSPS) is 31.5. The predicted molar refractivity (Wildman–Crippen MR) is 110 cm³/mol. The van der Waals surface area contributed by atoms with Crippen molar-refractivity contribution in [3.05, 3.63) is 0 Å². The summed E-state index contributed by atoms with van der Waals surface area (Å²) < 4.78 is 0. The Morgan fingerprint density at radius 1 is 1.25 bits per heavy atom. The fraction of sp³-hybridized carbons (Fsp3) is 0.850. The molecule has 0 aromatic heterocycles. The highest BCUT2D eigenvalue weighted by Gasteiger charge is 2.56. The van der Waals surface area contributed by atoms with E-state index in [0.29, 0.717) is 37.8 Å². The molecule has 7 nitrogen and oxygen atoms in total. The third-order valence-corrected chi connectivity index (χ3v) is 6.55. The van der Waals surface area contributed by atoms with Crippen LogP contribution in [0.4, 0.5) is 4.79 Å². The maximum absolute atomic E-state index is 13.1. The van der Waals surface area contributed by atoms with Crippen LogP contribution in [-0.4, -0.2) is 58.9 Å². The van der Waals surface area contributed by atoms with Gasteiger partial charge in [0.1, 0.15) is 12.1 Å². The number of hydrogen-bond acceptors (Lipinski definition) is 4. The molecule has 2 aliphatic heterocycles. The number of urea groups is 1. The van der Waals surface area contributed by atoms with Crippen LogP contribution >= 0.6 is 12.4 Å². The van der Waals surface area contributed by atoms with Crippen molar-refractivity contribution in [1.29, 1.82) is 0 Å². The highest BCUT2D eigenvalue weighted by Crippen LogP contribution is 2.46. The average molecular weight is 415 g/mol. The third kappa shape index (κ3) is 4.46. The molecule has 4 amide bonds. The fourth-order valence-electron chi connectivity index (χ4n) is 5.56. The molecule has 3 unspecified atom stereocenters. The molecule has 0 aromatic rings. The van der Waals surface area contributed by atoms with Crippen molar-refractivity contribution >= 4 is 30.3 Å². The van der Waals surface area contributed by atoms with Crippen LogP contribution in [-0.2, 0) is 9.59 Å². The van der Waals surface area contributed by atoms with Gasteiger partial charge in [-0.25, -0.2) is 4.79 Å². The van der Waals surface area contributed by atoms with Crippen molar-refractivity contribution in [2.45, 2.75) is 71.4 Å². The standard InChI is InChI=1S/C20H34N4O3.ClH/c1-13-9-19(3,4)12-20(10-13)17(26)24(18(27)22-20)11-16(25)23-7-5-15(6-8-23)14(2)21;/h13-15H,5-12,21H2,1-4H3,(H,22,27);1H. The van der Waals surface area contributed by atoms with Gasteiger partial charge in [-0.1, -0.05) is 20.8 Å². The maximum Gasteiger partial charge on any atom is 0.325 e. The molecule has 8 heteroatoms. The molecule has 160 valence electrons. The predicted octanol–water partition coefficient (Wildman–Crippen LogP) is 2.13. The zero-order valence-corrected chi connectivity index (χ0v) is 18.3. The fourth-order valence-corrected chi connectivity index (χ4v) is 5.56. The SMILES string of the molecule is CC1CC(C)(C)CC2(C1)NC(=O)N(CC(=O)N1CCC(C(C)N)CC1)C2=O.Cl. The van der Waals surface area contributed by atoms with Crippen molar-refractivity contribution in [3.8, 4) is 0 Å². The molecule has 1 saturated carbocycles. The molecule has 0 radical (unpaired) electrons. The minimum atomic E-state index is -0.847. The number of carbonyl (C=O) groups is 3. The first-order valence-corrected chi connectivity index (χ1v) is 10.2. The molecule has 28 heavy (non-hydrogen) atoms. The minimum Gasteiger partial charge on any atom is -0.341 e. The molecular weight excluding hydrogens is 380 g/mol. The van der Waals surface area contributed by atoms with Gasteiger partial charge in [0.05, 0.1) is 0 Å². The second-order valence-corrected chi connectivity index (χ2v) is 9.84. The Morgan fingerprint density at radius 3 is 2.39 bits per heavy atom. The number of nitrogens with one attached hydrogen (secondary N) is 1. The van der Waals surface area contributed by atoms with E-state index in [2.05, 4.69) is 26.1 Å². The lowest BCUT2D eigenvalue weighted by molar-refractivity contribution is -0.141. The Bertz CT molecular complexity index is 631. The van der Waals surface area contributed by atoms with Gasteiger partial charge in [0, 0.05) is 19.1 Å². The maximum atomic E-state index is 13.1. The Labute approximate surface area is 174 Å². The molecule has 3 rings (SSSR count). The molecular formula is C20H35ClN4O3. The molecule has 3 atom stereocenters. The lowest BCUT2D eigenvalue weighted by Gasteiger charge is -2.43. The van der Waals surface area contributed by atoms with Crippen molar-refractivity contribution in [2.24, 2.45) is 23.0 Å². The number of imide groups is 1. The summed E-state index contributed by atoms with van der Waals surface area (Å²) in [5.74, 6) is 0.402. The summed E-state index contributed by atoms with van der Waals surface area (Å²) in [6, 6.07) is -0.298. The quantitative estimate of drug-likeness (QED) is 0.691. The highest BCUT2D eigenvalue weighted by atomic mass is 35.5. The average Bonchev–Trinajstić information content (AvgIpc) is 2.76. The van der Waals surface area contributed by atoms with Gasteiger partial charge in [-0.15, -0.1) is 12.4 Å². The molecule has 0 bridgehead atoms. The van der Waals surface area contributed by atoms with E-state index in [0.717, 1.165) is 24.2 Å². The summed E-state index contributed by atoms with van der Waals surface area (Å²) in [4.78, 5) is 41.3. The van der Waals surface area contributed by atoms with Gasteiger partial charge < -0.3 is 16.0 Å². The zero-order valence-electron chi connectivity index (χ0n) is 17.5. The first kappa shape index (κ1) is 22.9. The van der Waals surface area contributed by atoms with E-state index in [1.54, 1.807) is 4.90 Å². The van der Waals surface area contributed by atoms with Crippen LogP contribution in [0.25, 0.3) is 0 Å². The number of halogens is 1.